The van der Waals surface area contributed by atoms with Crippen molar-refractivity contribution < 1.29 is 37.5 Å². The molecular formula is C28H29ClF2N4O7. The van der Waals surface area contributed by atoms with Crippen LogP contribution in [0, 0.1) is 21.7 Å². The number of ether oxygens (including phenoxy) is 3. The summed E-state index contributed by atoms with van der Waals surface area (Å²) >= 11 is 6.53. The number of anilines is 1. The molecule has 2 atom stereocenters. The first-order chi connectivity index (χ1) is 19.7. The Balaban J connectivity index is 1.95. The molecule has 4 rings (SSSR count). The highest BCUT2D eigenvalue weighted by atomic mass is 35.5. The monoisotopic (exact) mass is 606 g/mol. The number of piperazine rings is 1. The average Bonchev–Trinajstić information content (AvgIpc) is 2.91. The number of methoxy groups -OCH3 is 2. The van der Waals surface area contributed by atoms with Gasteiger partial charge in [-0.25, -0.2) is 23.4 Å². The summed E-state index contributed by atoms with van der Waals surface area (Å²) in [5.74, 6) is -2.65. The SMILES string of the molecule is COC(=O)[C@H]1CN(C(=O)OC(C)(C)C)[C@H](C)CN1c1c([N+](=O)[O-])cnc2c(F)c(-c3c(F)cccc3OC)c(Cl)cc12. The van der Waals surface area contributed by atoms with Gasteiger partial charge in [-0.2, -0.15) is 0 Å². The number of rotatable bonds is 5. The first-order valence-corrected chi connectivity index (χ1v) is 13.2. The number of hydrogen-bond donors (Lipinski definition) is 0. The first-order valence-electron chi connectivity index (χ1n) is 12.8. The van der Waals surface area contributed by atoms with Crippen molar-refractivity contribution in [2.24, 2.45) is 0 Å². The molecule has 0 spiro atoms. The van der Waals surface area contributed by atoms with Crippen molar-refractivity contribution in [3.63, 3.8) is 0 Å². The smallest absolute Gasteiger partial charge is 0.410 e. The second kappa shape index (κ2) is 11.6. The summed E-state index contributed by atoms with van der Waals surface area (Å²) in [6, 6.07) is 3.31. The number of hydrogen-bond acceptors (Lipinski definition) is 9. The van der Waals surface area contributed by atoms with E-state index in [1.165, 1.54) is 35.1 Å². The van der Waals surface area contributed by atoms with Crippen molar-refractivity contribution >= 4 is 45.9 Å². The Morgan fingerprint density at radius 1 is 1.17 bits per heavy atom. The number of carbonyl (C=O) groups excluding carboxylic acids is 2. The zero-order valence-electron chi connectivity index (χ0n) is 23.7. The third-order valence-corrected chi connectivity index (χ3v) is 7.07. The van der Waals surface area contributed by atoms with Crippen LogP contribution in [0.5, 0.6) is 5.75 Å². The van der Waals surface area contributed by atoms with E-state index in [2.05, 4.69) is 4.98 Å². The molecule has 1 aromatic heterocycles. The third-order valence-electron chi connectivity index (χ3n) is 6.78. The molecule has 2 heterocycles. The number of aromatic nitrogens is 1. The van der Waals surface area contributed by atoms with Crippen LogP contribution in [0.15, 0.2) is 30.5 Å². The maximum Gasteiger partial charge on any atom is 0.410 e. The summed E-state index contributed by atoms with van der Waals surface area (Å²) in [7, 11) is 2.43. The Labute approximate surface area is 245 Å². The molecule has 3 aromatic rings. The molecule has 0 radical (unpaired) electrons. The maximum atomic E-state index is 16.2. The largest absolute Gasteiger partial charge is 0.496 e. The lowest BCUT2D eigenvalue weighted by molar-refractivity contribution is -0.384. The minimum absolute atomic E-state index is 0.00938. The van der Waals surface area contributed by atoms with Crippen molar-refractivity contribution in [2.75, 3.05) is 32.2 Å². The number of nitrogens with zero attached hydrogens (tertiary/aromatic N) is 4. The Kier molecular flexibility index (Phi) is 8.44. The van der Waals surface area contributed by atoms with E-state index in [4.69, 9.17) is 25.8 Å². The Bertz CT molecular complexity index is 1580. The number of nitro groups is 1. The molecule has 1 fully saturated rings. The molecule has 14 heteroatoms. The normalized spacial score (nSPS) is 17.3. The van der Waals surface area contributed by atoms with Crippen LogP contribution in [0.1, 0.15) is 27.7 Å². The molecule has 0 aliphatic carbocycles. The van der Waals surface area contributed by atoms with Gasteiger partial charge < -0.3 is 24.0 Å². The van der Waals surface area contributed by atoms with Gasteiger partial charge in [-0.05, 0) is 45.9 Å². The van der Waals surface area contributed by atoms with Gasteiger partial charge in [0.25, 0.3) is 0 Å². The van der Waals surface area contributed by atoms with E-state index < -0.39 is 52.0 Å². The van der Waals surface area contributed by atoms with Crippen LogP contribution >= 0.6 is 11.6 Å². The van der Waals surface area contributed by atoms with Crippen LogP contribution in [0.25, 0.3) is 22.0 Å². The van der Waals surface area contributed by atoms with Gasteiger partial charge in [0.15, 0.2) is 5.82 Å². The van der Waals surface area contributed by atoms with E-state index in [1.54, 1.807) is 27.7 Å². The van der Waals surface area contributed by atoms with E-state index in [9.17, 15) is 24.1 Å². The number of halogens is 3. The highest BCUT2D eigenvalue weighted by Gasteiger charge is 2.43. The molecule has 1 saturated heterocycles. The molecule has 1 aliphatic rings. The summed E-state index contributed by atoms with van der Waals surface area (Å²) in [4.78, 5) is 44.2. The van der Waals surface area contributed by atoms with Crippen LogP contribution < -0.4 is 9.64 Å². The zero-order valence-corrected chi connectivity index (χ0v) is 24.5. The van der Waals surface area contributed by atoms with Crippen LogP contribution in [0.2, 0.25) is 5.02 Å². The third kappa shape index (κ3) is 5.60. The van der Waals surface area contributed by atoms with Crippen LogP contribution in [0.4, 0.5) is 25.0 Å². The van der Waals surface area contributed by atoms with Gasteiger partial charge in [-0.15, -0.1) is 0 Å². The lowest BCUT2D eigenvalue weighted by Crippen LogP contribution is -2.62. The molecular weight excluding hydrogens is 578 g/mol. The minimum Gasteiger partial charge on any atom is -0.496 e. The van der Waals surface area contributed by atoms with Crippen molar-refractivity contribution in [3.8, 4) is 16.9 Å². The number of benzene rings is 2. The second-order valence-electron chi connectivity index (χ2n) is 10.7. The summed E-state index contributed by atoms with van der Waals surface area (Å²) in [6.07, 6.45) is 0.172. The highest BCUT2D eigenvalue weighted by molar-refractivity contribution is 6.34. The molecule has 0 saturated carbocycles. The van der Waals surface area contributed by atoms with Gasteiger partial charge in [0.2, 0.25) is 0 Å². The van der Waals surface area contributed by atoms with E-state index in [1.807, 2.05) is 0 Å². The van der Waals surface area contributed by atoms with Crippen molar-refractivity contribution in [1.82, 2.24) is 9.88 Å². The van der Waals surface area contributed by atoms with Gasteiger partial charge in [-0.3, -0.25) is 10.1 Å². The van der Waals surface area contributed by atoms with Gasteiger partial charge in [0.1, 0.15) is 40.6 Å². The number of esters is 1. The second-order valence-corrected chi connectivity index (χ2v) is 11.1. The van der Waals surface area contributed by atoms with Crippen LogP contribution in [-0.2, 0) is 14.3 Å². The average molecular weight is 607 g/mol. The van der Waals surface area contributed by atoms with Crippen molar-refractivity contribution in [2.45, 2.75) is 45.4 Å². The fourth-order valence-corrected chi connectivity index (χ4v) is 5.24. The highest BCUT2D eigenvalue weighted by Crippen LogP contribution is 2.45. The van der Waals surface area contributed by atoms with Gasteiger partial charge in [0, 0.05) is 23.5 Å². The fraction of sp³-hybridized carbons (Fsp3) is 0.393. The standard InChI is InChI=1S/C28H29ClF2N4O7/c1-14-12-34(19(26(36)41-6)13-33(14)27(37)42-28(2,3)4)25-15-10-16(29)21(22-17(30)8-7-9-20(22)40-5)23(31)24(15)32-11-18(25)35(38)39/h7-11,14,19H,12-13H2,1-6H3/t14-,19-/m1/s1. The first kappa shape index (κ1) is 30.7. The maximum absolute atomic E-state index is 16.2. The lowest BCUT2D eigenvalue weighted by Gasteiger charge is -2.45. The predicted octanol–water partition coefficient (Wildman–Crippen LogP) is 5.74. The zero-order chi connectivity index (χ0) is 31.1. The van der Waals surface area contributed by atoms with Gasteiger partial charge in [0.05, 0.1) is 36.3 Å². The molecule has 42 heavy (non-hydrogen) atoms. The predicted molar refractivity (Wildman–Crippen MR) is 151 cm³/mol. The van der Waals surface area contributed by atoms with Crippen molar-refractivity contribution in [1.29, 1.82) is 0 Å². The summed E-state index contributed by atoms with van der Waals surface area (Å²) in [5, 5.41) is 11.8. The minimum atomic E-state index is -1.24. The quantitative estimate of drug-likeness (QED) is 0.203. The van der Waals surface area contributed by atoms with Crippen molar-refractivity contribution in [3.05, 3.63) is 57.2 Å². The topological polar surface area (TPSA) is 124 Å². The van der Waals surface area contributed by atoms with E-state index in [-0.39, 0.29) is 51.6 Å². The molecule has 0 bridgehead atoms. The van der Waals surface area contributed by atoms with Gasteiger partial charge >= 0.3 is 17.7 Å². The molecule has 2 aromatic carbocycles. The van der Waals surface area contributed by atoms with E-state index >= 15 is 4.39 Å². The number of fused-ring (bicyclic) bond motifs is 1. The summed E-state index contributed by atoms with van der Waals surface area (Å²) in [5.41, 5.74) is -2.48. The molecule has 224 valence electrons. The number of carbonyl (C=O) groups is 2. The molecule has 1 aliphatic heterocycles. The molecule has 0 N–H and O–H groups in total. The summed E-state index contributed by atoms with van der Waals surface area (Å²) in [6.45, 7) is 6.42. The Hall–Kier alpha value is -4.26. The summed E-state index contributed by atoms with van der Waals surface area (Å²) < 4.78 is 46.8. The van der Waals surface area contributed by atoms with Gasteiger partial charge in [-0.1, -0.05) is 17.7 Å². The van der Waals surface area contributed by atoms with Crippen LogP contribution in [0.3, 0.4) is 0 Å². The van der Waals surface area contributed by atoms with E-state index in [0.717, 1.165) is 19.4 Å². The molecule has 0 unspecified atom stereocenters. The van der Waals surface area contributed by atoms with E-state index in [0.29, 0.717) is 0 Å². The lowest BCUT2D eigenvalue weighted by atomic mass is 9.98. The van der Waals surface area contributed by atoms with Crippen LogP contribution in [-0.4, -0.2) is 71.9 Å². The Morgan fingerprint density at radius 3 is 2.45 bits per heavy atom. The molecule has 1 amide bonds. The fourth-order valence-electron chi connectivity index (χ4n) is 4.96. The number of amides is 1. The Morgan fingerprint density at radius 2 is 1.86 bits per heavy atom. The number of pyridine rings is 1. The molecule has 11 nitrogen and oxygen atoms in total.